The average molecular weight is 339 g/mol. The lowest BCUT2D eigenvalue weighted by molar-refractivity contribution is -0.144. The normalized spacial score (nSPS) is 29.0. The minimum Gasteiger partial charge on any atom is -0.339 e. The zero-order valence-electron chi connectivity index (χ0n) is 14.0. The number of fused-ring (bicyclic) bond motifs is 5. The number of amides is 2. The van der Waals surface area contributed by atoms with E-state index in [-0.39, 0.29) is 5.91 Å². The second-order valence-electron chi connectivity index (χ2n) is 7.51. The molecule has 130 valence electrons. The van der Waals surface area contributed by atoms with Crippen LogP contribution in [0.3, 0.4) is 0 Å². The van der Waals surface area contributed by atoms with Gasteiger partial charge >= 0.3 is 0 Å². The minimum absolute atomic E-state index is 0.00325. The summed E-state index contributed by atoms with van der Waals surface area (Å²) in [5.41, 5.74) is 1.21. The predicted octanol–water partition coefficient (Wildman–Crippen LogP) is 1.20. The number of hydrogen-bond donors (Lipinski definition) is 0. The van der Waals surface area contributed by atoms with Gasteiger partial charge in [-0.2, -0.15) is 5.10 Å². The van der Waals surface area contributed by atoms with Gasteiger partial charge in [0.25, 0.3) is 5.91 Å². The minimum atomic E-state index is -0.00325. The fourth-order valence-electron chi connectivity index (χ4n) is 4.91. The summed E-state index contributed by atoms with van der Waals surface area (Å²) in [6.45, 7) is 2.24. The number of nitrogens with zero attached hydrogens (tertiary/aromatic N) is 5. The predicted molar refractivity (Wildman–Crippen MR) is 89.8 cm³/mol. The number of carbonyl (C=O) groups is 2. The molecule has 0 N–H and O–H groups in total. The number of aromatic nitrogens is 3. The highest BCUT2D eigenvalue weighted by atomic mass is 16.2. The van der Waals surface area contributed by atoms with Crippen LogP contribution >= 0.6 is 0 Å². The van der Waals surface area contributed by atoms with Crippen LogP contribution < -0.4 is 0 Å². The molecule has 2 amide bonds. The third-order valence-corrected chi connectivity index (χ3v) is 5.96. The second kappa shape index (κ2) is 5.54. The Morgan fingerprint density at radius 2 is 2.16 bits per heavy atom. The maximum Gasteiger partial charge on any atom is 0.274 e. The summed E-state index contributed by atoms with van der Waals surface area (Å²) < 4.78 is 1.61. The Hall–Kier alpha value is -2.44. The molecule has 0 aliphatic carbocycles. The number of likely N-dealkylation sites (tertiary alicyclic amines) is 1. The lowest BCUT2D eigenvalue weighted by Crippen LogP contribution is -2.61. The molecular formula is C18H21N5O2. The zero-order valence-corrected chi connectivity index (χ0v) is 14.0. The van der Waals surface area contributed by atoms with Gasteiger partial charge in [-0.3, -0.25) is 9.59 Å². The van der Waals surface area contributed by atoms with E-state index in [1.165, 1.54) is 0 Å². The van der Waals surface area contributed by atoms with E-state index in [4.69, 9.17) is 0 Å². The fourth-order valence-corrected chi connectivity index (χ4v) is 4.91. The Morgan fingerprint density at radius 3 is 3.08 bits per heavy atom. The molecule has 7 heteroatoms. The van der Waals surface area contributed by atoms with Gasteiger partial charge in [-0.05, 0) is 43.2 Å². The second-order valence-corrected chi connectivity index (χ2v) is 7.51. The van der Waals surface area contributed by atoms with Crippen molar-refractivity contribution in [2.24, 2.45) is 11.8 Å². The molecule has 0 radical (unpaired) electrons. The van der Waals surface area contributed by atoms with Gasteiger partial charge in [-0.1, -0.05) is 0 Å². The molecule has 0 unspecified atom stereocenters. The third-order valence-electron chi connectivity index (χ3n) is 5.96. The monoisotopic (exact) mass is 339 g/mol. The van der Waals surface area contributed by atoms with Crippen LogP contribution in [0.1, 0.15) is 36.2 Å². The molecule has 5 rings (SSSR count). The van der Waals surface area contributed by atoms with Crippen molar-refractivity contribution >= 4 is 17.5 Å². The molecule has 7 nitrogen and oxygen atoms in total. The number of rotatable bonds is 1. The van der Waals surface area contributed by atoms with Gasteiger partial charge < -0.3 is 9.80 Å². The molecule has 2 bridgehead atoms. The van der Waals surface area contributed by atoms with Crippen LogP contribution in [0, 0.1) is 11.8 Å². The van der Waals surface area contributed by atoms with E-state index in [0.717, 1.165) is 32.4 Å². The van der Waals surface area contributed by atoms with Crippen LogP contribution in [-0.4, -0.2) is 61.9 Å². The molecule has 5 heterocycles. The topological polar surface area (TPSA) is 70.8 Å². The average Bonchev–Trinajstić information content (AvgIpc) is 3.06. The lowest BCUT2D eigenvalue weighted by atomic mass is 9.76. The highest BCUT2D eigenvalue weighted by molar-refractivity contribution is 5.93. The number of imidazole rings is 1. The number of carbonyl (C=O) groups excluding carboxylic acids is 2. The first kappa shape index (κ1) is 14.9. The first-order valence-electron chi connectivity index (χ1n) is 9.08. The van der Waals surface area contributed by atoms with Gasteiger partial charge in [-0.15, -0.1) is 0 Å². The molecule has 3 aliphatic heterocycles. The molecule has 0 spiro atoms. The highest BCUT2D eigenvalue weighted by Gasteiger charge is 2.45. The largest absolute Gasteiger partial charge is 0.339 e. The van der Waals surface area contributed by atoms with Gasteiger partial charge in [0.05, 0.1) is 6.20 Å². The van der Waals surface area contributed by atoms with Gasteiger partial charge in [0.15, 0.2) is 11.3 Å². The van der Waals surface area contributed by atoms with Crippen molar-refractivity contribution < 1.29 is 9.59 Å². The molecule has 0 saturated carbocycles. The smallest absolute Gasteiger partial charge is 0.274 e. The van der Waals surface area contributed by atoms with E-state index in [2.05, 4.69) is 15.0 Å². The van der Waals surface area contributed by atoms with Gasteiger partial charge in [-0.25, -0.2) is 9.50 Å². The molecule has 0 aromatic carbocycles. The van der Waals surface area contributed by atoms with Crippen LogP contribution in [0.2, 0.25) is 0 Å². The van der Waals surface area contributed by atoms with Gasteiger partial charge in [0.1, 0.15) is 0 Å². The maximum atomic E-state index is 13.1. The van der Waals surface area contributed by atoms with E-state index >= 15 is 0 Å². The summed E-state index contributed by atoms with van der Waals surface area (Å²) in [5.74, 6) is 1.08. The van der Waals surface area contributed by atoms with Crippen molar-refractivity contribution in [1.82, 2.24) is 24.4 Å². The summed E-state index contributed by atoms with van der Waals surface area (Å²) in [6, 6.07) is 3.98. The van der Waals surface area contributed by atoms with Crippen LogP contribution in [0.4, 0.5) is 0 Å². The van der Waals surface area contributed by atoms with Crippen molar-refractivity contribution in [3.05, 3.63) is 30.2 Å². The summed E-state index contributed by atoms with van der Waals surface area (Å²) in [4.78, 5) is 33.6. The lowest BCUT2D eigenvalue weighted by Gasteiger charge is -2.52. The number of hydrogen-bond acceptors (Lipinski definition) is 4. The molecule has 3 saturated heterocycles. The highest BCUT2D eigenvalue weighted by Crippen LogP contribution is 2.38. The van der Waals surface area contributed by atoms with Gasteiger partial charge in [0, 0.05) is 38.3 Å². The third kappa shape index (κ3) is 2.33. The van der Waals surface area contributed by atoms with Crippen LogP contribution in [-0.2, 0) is 4.79 Å². The molecule has 25 heavy (non-hydrogen) atoms. The molecule has 3 atom stereocenters. The molecule has 3 fully saturated rings. The standard InChI is InChI=1S/C18H21N5O2/c24-17-5-1-3-14-13-7-12(10-22(14)17)9-21(11-13)18(25)15-8-19-16-4-2-6-20-23(15)16/h2,4,6,8,12-14H,1,3,5,7,9-11H2/t12-,13-,14+/m1/s1. The van der Waals surface area contributed by atoms with Gasteiger partial charge in [0.2, 0.25) is 5.91 Å². The zero-order chi connectivity index (χ0) is 17.0. The van der Waals surface area contributed by atoms with Crippen molar-refractivity contribution in [3.8, 4) is 0 Å². The van der Waals surface area contributed by atoms with Crippen molar-refractivity contribution in [3.63, 3.8) is 0 Å². The van der Waals surface area contributed by atoms with Crippen molar-refractivity contribution in [2.45, 2.75) is 31.7 Å². The Balaban J connectivity index is 1.41. The van der Waals surface area contributed by atoms with E-state index in [1.807, 2.05) is 17.0 Å². The Bertz CT molecular complexity index is 847. The van der Waals surface area contributed by atoms with E-state index in [1.54, 1.807) is 16.9 Å². The first-order chi connectivity index (χ1) is 12.2. The molecule has 2 aromatic rings. The van der Waals surface area contributed by atoms with Crippen LogP contribution in [0.25, 0.3) is 5.65 Å². The summed E-state index contributed by atoms with van der Waals surface area (Å²) in [7, 11) is 0. The Kier molecular flexibility index (Phi) is 3.29. The summed E-state index contributed by atoms with van der Waals surface area (Å²) in [6.07, 6.45) is 7.15. The SMILES string of the molecule is O=C(c1cnc2cccnn12)N1C[C@H]2C[C@H](C1)[C@@H]1CCCC(=O)N1C2. The molecular weight excluding hydrogens is 318 g/mol. The first-order valence-corrected chi connectivity index (χ1v) is 9.08. The quantitative estimate of drug-likeness (QED) is 0.783. The van der Waals surface area contributed by atoms with Crippen molar-refractivity contribution in [1.29, 1.82) is 0 Å². The Labute approximate surface area is 145 Å². The fraction of sp³-hybridized carbons (Fsp3) is 0.556. The Morgan fingerprint density at radius 1 is 1.24 bits per heavy atom. The maximum absolute atomic E-state index is 13.1. The van der Waals surface area contributed by atoms with E-state index in [0.29, 0.717) is 48.1 Å². The summed E-state index contributed by atoms with van der Waals surface area (Å²) >= 11 is 0. The van der Waals surface area contributed by atoms with Crippen molar-refractivity contribution in [2.75, 3.05) is 19.6 Å². The summed E-state index contributed by atoms with van der Waals surface area (Å²) in [5, 5.41) is 4.26. The van der Waals surface area contributed by atoms with E-state index < -0.39 is 0 Å². The van der Waals surface area contributed by atoms with Crippen LogP contribution in [0.15, 0.2) is 24.5 Å². The molecule has 3 aliphatic rings. The van der Waals surface area contributed by atoms with E-state index in [9.17, 15) is 9.59 Å². The molecule has 2 aromatic heterocycles. The number of piperidine rings is 3. The van der Waals surface area contributed by atoms with Crippen LogP contribution in [0.5, 0.6) is 0 Å².